The van der Waals surface area contributed by atoms with E-state index in [0.29, 0.717) is 18.9 Å². The van der Waals surface area contributed by atoms with Gasteiger partial charge in [-0.2, -0.15) is 0 Å². The molecule has 4 atom stereocenters. The van der Waals surface area contributed by atoms with Gasteiger partial charge in [-0.3, -0.25) is 10.1 Å². The summed E-state index contributed by atoms with van der Waals surface area (Å²) < 4.78 is 0. The van der Waals surface area contributed by atoms with Gasteiger partial charge in [0.15, 0.2) is 0 Å². The first kappa shape index (κ1) is 14.4. The predicted molar refractivity (Wildman–Crippen MR) is 67.3 cm³/mol. The van der Waals surface area contributed by atoms with Crippen LogP contribution < -0.4 is 16.4 Å². The summed E-state index contributed by atoms with van der Waals surface area (Å²) >= 11 is 0. The first-order chi connectivity index (χ1) is 8.02. The van der Waals surface area contributed by atoms with E-state index in [1.165, 1.54) is 0 Å². The van der Waals surface area contributed by atoms with Crippen LogP contribution in [-0.2, 0) is 4.79 Å². The van der Waals surface area contributed by atoms with E-state index in [1.807, 2.05) is 6.92 Å². The van der Waals surface area contributed by atoms with E-state index in [9.17, 15) is 9.90 Å². The van der Waals surface area contributed by atoms with E-state index < -0.39 is 6.23 Å². The number of hydrogen-bond donors (Lipinski definition) is 4. The van der Waals surface area contributed by atoms with Crippen LogP contribution >= 0.6 is 0 Å². The molecule has 1 aliphatic heterocycles. The fourth-order valence-electron chi connectivity index (χ4n) is 2.27. The summed E-state index contributed by atoms with van der Waals surface area (Å²) in [5.41, 5.74) is 5.09. The minimum absolute atomic E-state index is 0.0972. The fourth-order valence-corrected chi connectivity index (χ4v) is 2.27. The maximum absolute atomic E-state index is 10.6. The highest BCUT2D eigenvalue weighted by molar-refractivity contribution is 5.73. The molecule has 0 aromatic rings. The van der Waals surface area contributed by atoms with Crippen molar-refractivity contribution in [3.8, 4) is 0 Å². The van der Waals surface area contributed by atoms with E-state index >= 15 is 0 Å². The highest BCUT2D eigenvalue weighted by Crippen LogP contribution is 2.16. The lowest BCUT2D eigenvalue weighted by Gasteiger charge is -2.24. The highest BCUT2D eigenvalue weighted by atomic mass is 16.3. The van der Waals surface area contributed by atoms with Gasteiger partial charge >= 0.3 is 0 Å². The number of carbonyl (C=O) groups is 1. The Bertz CT molecular complexity index is 248. The fraction of sp³-hybridized carbons (Fsp3) is 0.917. The Hall–Kier alpha value is -0.650. The average Bonchev–Trinajstić information content (AvgIpc) is 2.74. The smallest absolute Gasteiger partial charge is 0.217 e. The van der Waals surface area contributed by atoms with Crippen LogP contribution in [0.25, 0.3) is 0 Å². The van der Waals surface area contributed by atoms with Gasteiger partial charge in [0, 0.05) is 24.5 Å². The van der Waals surface area contributed by atoms with Gasteiger partial charge in [-0.25, -0.2) is 0 Å². The van der Waals surface area contributed by atoms with Gasteiger partial charge in [0.1, 0.15) is 6.23 Å². The first-order valence-corrected chi connectivity index (χ1v) is 6.51. The molecule has 1 heterocycles. The number of primary amides is 1. The maximum atomic E-state index is 10.6. The molecule has 0 bridgehead atoms. The van der Waals surface area contributed by atoms with Crippen molar-refractivity contribution in [2.45, 2.75) is 70.3 Å². The Balaban J connectivity index is 2.24. The van der Waals surface area contributed by atoms with Crippen LogP contribution in [-0.4, -0.2) is 35.4 Å². The van der Waals surface area contributed by atoms with Gasteiger partial charge in [-0.05, 0) is 32.6 Å². The third-order valence-electron chi connectivity index (χ3n) is 3.43. The quantitative estimate of drug-likeness (QED) is 0.477. The lowest BCUT2D eigenvalue weighted by molar-refractivity contribution is -0.118. The van der Waals surface area contributed by atoms with E-state index in [2.05, 4.69) is 17.6 Å². The molecule has 1 amide bonds. The standard InChI is InChI=1S/C12H25N3O2/c1-3-9-5-6-10(15-9)12(17)14-8(2)4-7-11(13)16/h8-10,12,14-15,17H,3-7H2,1-2H3,(H2,13,16). The van der Waals surface area contributed by atoms with Gasteiger partial charge in [0.2, 0.25) is 5.91 Å². The SMILES string of the molecule is CCC1CCC(C(O)NC(C)CCC(N)=O)N1. The summed E-state index contributed by atoms with van der Waals surface area (Å²) in [6.45, 7) is 4.10. The third-order valence-corrected chi connectivity index (χ3v) is 3.43. The Labute approximate surface area is 103 Å². The molecule has 5 N–H and O–H groups in total. The summed E-state index contributed by atoms with van der Waals surface area (Å²) in [5, 5.41) is 16.5. The van der Waals surface area contributed by atoms with Crippen LogP contribution in [0, 0.1) is 0 Å². The molecule has 4 unspecified atom stereocenters. The van der Waals surface area contributed by atoms with E-state index in [0.717, 1.165) is 19.3 Å². The summed E-state index contributed by atoms with van der Waals surface area (Å²) in [5.74, 6) is -0.293. The Morgan fingerprint density at radius 3 is 2.82 bits per heavy atom. The molecular weight excluding hydrogens is 218 g/mol. The summed E-state index contributed by atoms with van der Waals surface area (Å²) in [6.07, 6.45) is 3.69. The molecule has 1 rings (SSSR count). The van der Waals surface area contributed by atoms with E-state index in [1.54, 1.807) is 0 Å². The largest absolute Gasteiger partial charge is 0.377 e. The highest BCUT2D eigenvalue weighted by Gasteiger charge is 2.28. The molecule has 0 aromatic carbocycles. The van der Waals surface area contributed by atoms with Gasteiger partial charge in [0.25, 0.3) is 0 Å². The molecule has 5 heteroatoms. The number of nitrogens with one attached hydrogen (secondary N) is 2. The summed E-state index contributed by atoms with van der Waals surface area (Å²) in [7, 11) is 0. The first-order valence-electron chi connectivity index (χ1n) is 6.51. The van der Waals surface area contributed by atoms with Crippen molar-refractivity contribution in [3.05, 3.63) is 0 Å². The minimum Gasteiger partial charge on any atom is -0.377 e. The molecule has 1 fully saturated rings. The monoisotopic (exact) mass is 243 g/mol. The molecule has 0 spiro atoms. The molecule has 1 saturated heterocycles. The van der Waals surface area contributed by atoms with Crippen molar-refractivity contribution in [3.63, 3.8) is 0 Å². The van der Waals surface area contributed by atoms with Crippen molar-refractivity contribution in [2.24, 2.45) is 5.73 Å². The summed E-state index contributed by atoms with van der Waals surface area (Å²) in [4.78, 5) is 10.6. The normalized spacial score (nSPS) is 27.9. The van der Waals surface area contributed by atoms with Crippen LogP contribution in [0.4, 0.5) is 0 Å². The Morgan fingerprint density at radius 1 is 1.59 bits per heavy atom. The number of rotatable bonds is 7. The second-order valence-electron chi connectivity index (χ2n) is 4.97. The maximum Gasteiger partial charge on any atom is 0.217 e. The van der Waals surface area contributed by atoms with Crippen molar-refractivity contribution in [2.75, 3.05) is 0 Å². The van der Waals surface area contributed by atoms with Crippen molar-refractivity contribution >= 4 is 5.91 Å². The zero-order valence-electron chi connectivity index (χ0n) is 10.8. The van der Waals surface area contributed by atoms with Gasteiger partial charge < -0.3 is 16.2 Å². The van der Waals surface area contributed by atoms with Crippen molar-refractivity contribution < 1.29 is 9.90 Å². The molecule has 100 valence electrons. The molecule has 0 aliphatic carbocycles. The molecule has 0 saturated carbocycles. The van der Waals surface area contributed by atoms with E-state index in [-0.39, 0.29) is 18.0 Å². The van der Waals surface area contributed by atoms with Gasteiger partial charge in [-0.1, -0.05) is 6.92 Å². The number of amides is 1. The molecule has 5 nitrogen and oxygen atoms in total. The minimum atomic E-state index is -0.547. The number of aliphatic hydroxyl groups excluding tert-OH is 1. The number of nitrogens with two attached hydrogens (primary N) is 1. The molecular formula is C12H25N3O2. The average molecular weight is 243 g/mol. The van der Waals surface area contributed by atoms with Crippen LogP contribution in [0.15, 0.2) is 0 Å². The van der Waals surface area contributed by atoms with Crippen molar-refractivity contribution in [1.29, 1.82) is 0 Å². The van der Waals surface area contributed by atoms with E-state index in [4.69, 9.17) is 5.73 Å². The number of aliphatic hydroxyl groups is 1. The number of carbonyl (C=O) groups excluding carboxylic acids is 1. The molecule has 1 aliphatic rings. The van der Waals surface area contributed by atoms with Crippen LogP contribution in [0.1, 0.15) is 46.0 Å². The lowest BCUT2D eigenvalue weighted by atomic mass is 10.1. The van der Waals surface area contributed by atoms with Crippen LogP contribution in [0.5, 0.6) is 0 Å². The van der Waals surface area contributed by atoms with Crippen LogP contribution in [0.2, 0.25) is 0 Å². The third kappa shape index (κ3) is 5.02. The van der Waals surface area contributed by atoms with Gasteiger partial charge in [-0.15, -0.1) is 0 Å². The summed E-state index contributed by atoms with van der Waals surface area (Å²) in [6, 6.07) is 0.744. The number of hydrogen-bond acceptors (Lipinski definition) is 4. The predicted octanol–water partition coefficient (Wildman–Crippen LogP) is 0.0790. The second kappa shape index (κ2) is 6.93. The zero-order chi connectivity index (χ0) is 12.8. The van der Waals surface area contributed by atoms with Gasteiger partial charge in [0.05, 0.1) is 0 Å². The van der Waals surface area contributed by atoms with Crippen molar-refractivity contribution in [1.82, 2.24) is 10.6 Å². The lowest BCUT2D eigenvalue weighted by Crippen LogP contribution is -2.49. The topological polar surface area (TPSA) is 87.4 Å². The molecule has 0 radical (unpaired) electrons. The second-order valence-corrected chi connectivity index (χ2v) is 4.97. The molecule has 0 aromatic heterocycles. The Kier molecular flexibility index (Phi) is 5.88. The van der Waals surface area contributed by atoms with Crippen LogP contribution in [0.3, 0.4) is 0 Å². The Morgan fingerprint density at radius 2 is 2.29 bits per heavy atom. The zero-order valence-corrected chi connectivity index (χ0v) is 10.8. The molecule has 17 heavy (non-hydrogen) atoms.